The van der Waals surface area contributed by atoms with E-state index in [1.807, 2.05) is 12.1 Å². The number of halogens is 3. The molecule has 0 saturated carbocycles. The summed E-state index contributed by atoms with van der Waals surface area (Å²) in [5, 5.41) is 3.30. The average molecular weight is 311 g/mol. The third kappa shape index (κ3) is 4.49. The van der Waals surface area contributed by atoms with E-state index in [1.54, 1.807) is 7.11 Å². The molecule has 0 unspecified atom stereocenters. The van der Waals surface area contributed by atoms with Gasteiger partial charge in [0.15, 0.2) is 0 Å². The van der Waals surface area contributed by atoms with Gasteiger partial charge in [-0.15, -0.1) is 24.8 Å². The summed E-state index contributed by atoms with van der Waals surface area (Å²) in [6.07, 6.45) is 0. The lowest BCUT2D eigenvalue weighted by Gasteiger charge is -2.33. The second kappa shape index (κ2) is 8.59. The van der Waals surface area contributed by atoms with Gasteiger partial charge in [-0.25, -0.2) is 4.39 Å². The number of rotatable bonds is 3. The Morgan fingerprint density at radius 2 is 1.89 bits per heavy atom. The molecule has 0 bridgehead atoms. The molecule has 1 aliphatic rings. The number of nitrogens with zero attached hydrogens (tertiary/aromatic N) is 1. The highest BCUT2D eigenvalue weighted by atomic mass is 35.5. The van der Waals surface area contributed by atoms with Crippen LogP contribution in [0.5, 0.6) is 5.75 Å². The topological polar surface area (TPSA) is 24.5 Å². The molecule has 1 fully saturated rings. The van der Waals surface area contributed by atoms with Gasteiger partial charge < -0.3 is 10.1 Å². The Kier molecular flexibility index (Phi) is 8.34. The zero-order valence-electron chi connectivity index (χ0n) is 11.2. The summed E-state index contributed by atoms with van der Waals surface area (Å²) in [5.41, 5.74) is 0.743. The summed E-state index contributed by atoms with van der Waals surface area (Å²) in [5.74, 6) is 0.383. The number of nitrogens with one attached hydrogen (secondary N) is 1. The molecule has 3 nitrogen and oxygen atoms in total. The molecule has 1 N–H and O–H groups in total. The summed E-state index contributed by atoms with van der Waals surface area (Å²) >= 11 is 0. The zero-order chi connectivity index (χ0) is 12.3. The van der Waals surface area contributed by atoms with E-state index in [4.69, 9.17) is 4.74 Å². The summed E-state index contributed by atoms with van der Waals surface area (Å²) in [7, 11) is 1.55. The van der Waals surface area contributed by atoms with E-state index in [-0.39, 0.29) is 36.7 Å². The van der Waals surface area contributed by atoms with Gasteiger partial charge in [-0.3, -0.25) is 4.90 Å². The lowest BCUT2D eigenvalue weighted by molar-refractivity contribution is 0.182. The number of hydrogen-bond acceptors (Lipinski definition) is 3. The van der Waals surface area contributed by atoms with Crippen LogP contribution >= 0.6 is 24.8 Å². The fourth-order valence-corrected chi connectivity index (χ4v) is 2.24. The van der Waals surface area contributed by atoms with Gasteiger partial charge >= 0.3 is 0 Å². The monoisotopic (exact) mass is 310 g/mol. The fraction of sp³-hybridized carbons (Fsp3) is 0.538. The van der Waals surface area contributed by atoms with Crippen LogP contribution < -0.4 is 10.1 Å². The lowest BCUT2D eigenvalue weighted by Crippen LogP contribution is -2.44. The summed E-state index contributed by atoms with van der Waals surface area (Å²) in [4.78, 5) is 2.29. The Bertz CT molecular complexity index is 387. The summed E-state index contributed by atoms with van der Waals surface area (Å²) in [6, 6.07) is 5.20. The van der Waals surface area contributed by atoms with Crippen molar-refractivity contribution in [1.29, 1.82) is 0 Å². The predicted octanol–water partition coefficient (Wildman–Crippen LogP) is 2.64. The van der Waals surface area contributed by atoms with E-state index >= 15 is 0 Å². The summed E-state index contributed by atoms with van der Waals surface area (Å²) in [6.45, 7) is 5.93. The Morgan fingerprint density at radius 1 is 1.26 bits per heavy atom. The summed E-state index contributed by atoms with van der Waals surface area (Å²) < 4.78 is 18.9. The van der Waals surface area contributed by atoms with Crippen LogP contribution in [0, 0.1) is 5.82 Å². The van der Waals surface area contributed by atoms with Crippen molar-refractivity contribution in [2.24, 2.45) is 0 Å². The molecule has 6 heteroatoms. The minimum Gasteiger partial charge on any atom is -0.497 e. The Morgan fingerprint density at radius 3 is 2.42 bits per heavy atom. The van der Waals surface area contributed by atoms with Crippen LogP contribution in [-0.2, 0) is 0 Å². The minimum atomic E-state index is -0.185. The van der Waals surface area contributed by atoms with Crippen LogP contribution in [0.25, 0.3) is 0 Å². The third-order valence-corrected chi connectivity index (χ3v) is 3.36. The van der Waals surface area contributed by atoms with Gasteiger partial charge in [-0.2, -0.15) is 0 Å². The van der Waals surface area contributed by atoms with E-state index in [9.17, 15) is 4.39 Å². The first-order valence-electron chi connectivity index (χ1n) is 6.00. The fourth-order valence-electron chi connectivity index (χ4n) is 2.24. The van der Waals surface area contributed by atoms with E-state index in [0.717, 1.165) is 31.7 Å². The van der Waals surface area contributed by atoms with Crippen LogP contribution in [0.15, 0.2) is 18.2 Å². The molecule has 1 aromatic rings. The predicted molar refractivity (Wildman–Crippen MR) is 80.3 cm³/mol. The maximum absolute atomic E-state index is 13.9. The van der Waals surface area contributed by atoms with Gasteiger partial charge in [-0.05, 0) is 13.0 Å². The molecule has 1 heterocycles. The van der Waals surface area contributed by atoms with E-state index in [0.29, 0.717) is 5.75 Å². The van der Waals surface area contributed by atoms with Crippen molar-refractivity contribution in [1.82, 2.24) is 10.2 Å². The van der Waals surface area contributed by atoms with E-state index in [2.05, 4.69) is 17.1 Å². The normalized spacial score (nSPS) is 17.0. The maximum Gasteiger partial charge on any atom is 0.131 e. The number of piperazine rings is 1. The highest BCUT2D eigenvalue weighted by molar-refractivity contribution is 5.85. The quantitative estimate of drug-likeness (QED) is 0.929. The molecule has 0 radical (unpaired) electrons. The van der Waals surface area contributed by atoms with Gasteiger partial charge in [0.05, 0.1) is 7.11 Å². The molecule has 0 amide bonds. The molecule has 0 spiro atoms. The van der Waals surface area contributed by atoms with Gasteiger partial charge in [-0.1, -0.05) is 6.07 Å². The van der Waals surface area contributed by atoms with Gasteiger partial charge in [0.25, 0.3) is 0 Å². The highest BCUT2D eigenvalue weighted by Crippen LogP contribution is 2.26. The van der Waals surface area contributed by atoms with Gasteiger partial charge in [0.1, 0.15) is 11.6 Å². The first kappa shape index (κ1) is 18.4. The molecule has 1 aromatic carbocycles. The standard InChI is InChI=1S/C13H19FN2O.2ClH/c1-10(16-7-5-15-6-8-16)12-4-3-11(17-2)9-13(12)14;;/h3-4,9-10,15H,5-8H2,1-2H3;2*1H/t10-;;/m1../s1. The van der Waals surface area contributed by atoms with Gasteiger partial charge in [0.2, 0.25) is 0 Å². The van der Waals surface area contributed by atoms with Crippen molar-refractivity contribution in [3.63, 3.8) is 0 Å². The highest BCUT2D eigenvalue weighted by Gasteiger charge is 2.20. The number of benzene rings is 1. The van der Waals surface area contributed by atoms with Crippen molar-refractivity contribution in [2.45, 2.75) is 13.0 Å². The molecule has 110 valence electrons. The van der Waals surface area contributed by atoms with E-state index < -0.39 is 0 Å². The van der Waals surface area contributed by atoms with Crippen LogP contribution in [0.4, 0.5) is 4.39 Å². The lowest BCUT2D eigenvalue weighted by atomic mass is 10.1. The Balaban J connectivity index is 0.00000162. The van der Waals surface area contributed by atoms with E-state index in [1.165, 1.54) is 6.07 Å². The van der Waals surface area contributed by atoms with Crippen molar-refractivity contribution in [2.75, 3.05) is 33.3 Å². The smallest absolute Gasteiger partial charge is 0.131 e. The molecule has 19 heavy (non-hydrogen) atoms. The Labute approximate surface area is 126 Å². The zero-order valence-corrected chi connectivity index (χ0v) is 12.8. The Hall–Kier alpha value is -0.550. The maximum atomic E-state index is 13.9. The SMILES string of the molecule is COc1ccc([C@@H](C)N2CCNCC2)c(F)c1.Cl.Cl. The molecule has 1 atom stereocenters. The molecule has 2 rings (SSSR count). The second-order valence-electron chi connectivity index (χ2n) is 4.35. The molecular weight excluding hydrogens is 290 g/mol. The molecular formula is C13H21Cl2FN2O. The van der Waals surface area contributed by atoms with Crippen molar-refractivity contribution in [3.05, 3.63) is 29.6 Å². The number of ether oxygens (including phenoxy) is 1. The largest absolute Gasteiger partial charge is 0.497 e. The molecule has 0 aliphatic carbocycles. The first-order chi connectivity index (χ1) is 8.22. The van der Waals surface area contributed by atoms with Gasteiger partial charge in [0, 0.05) is 43.9 Å². The van der Waals surface area contributed by atoms with Crippen LogP contribution in [-0.4, -0.2) is 38.2 Å². The molecule has 1 saturated heterocycles. The van der Waals surface area contributed by atoms with Crippen molar-refractivity contribution < 1.29 is 9.13 Å². The third-order valence-electron chi connectivity index (χ3n) is 3.36. The number of methoxy groups -OCH3 is 1. The van der Waals surface area contributed by atoms with Crippen LogP contribution in [0.1, 0.15) is 18.5 Å². The second-order valence-corrected chi connectivity index (χ2v) is 4.35. The first-order valence-corrected chi connectivity index (χ1v) is 6.00. The van der Waals surface area contributed by atoms with Crippen molar-refractivity contribution in [3.8, 4) is 5.75 Å². The number of hydrogen-bond donors (Lipinski definition) is 1. The van der Waals surface area contributed by atoms with Crippen molar-refractivity contribution >= 4 is 24.8 Å². The minimum absolute atomic E-state index is 0. The van der Waals surface area contributed by atoms with Crippen LogP contribution in [0.2, 0.25) is 0 Å². The molecule has 0 aromatic heterocycles. The van der Waals surface area contributed by atoms with Crippen LogP contribution in [0.3, 0.4) is 0 Å². The average Bonchev–Trinajstić information content (AvgIpc) is 2.39. The molecule has 1 aliphatic heterocycles.